The van der Waals surface area contributed by atoms with Crippen LogP contribution in [0.1, 0.15) is 5.56 Å². The van der Waals surface area contributed by atoms with Crippen LogP contribution >= 0.6 is 0 Å². The van der Waals surface area contributed by atoms with Gasteiger partial charge in [0.15, 0.2) is 0 Å². The first-order chi connectivity index (χ1) is 10.2. The molecule has 0 amide bonds. The van der Waals surface area contributed by atoms with Crippen LogP contribution in [0, 0.1) is 5.82 Å². The number of ether oxygens (including phenoxy) is 1. The Morgan fingerprint density at radius 2 is 1.81 bits per heavy atom. The molecule has 4 heteroatoms. The standard InChI is InChI=1S/C17H21FN2O/c1-20(13-14-7-3-6-10-17(14)21-2)12-11-19-16-9-5-4-8-15(16)18/h3-10,19H,11-13H2,1-2H3. The van der Waals surface area contributed by atoms with Crippen LogP contribution in [0.4, 0.5) is 10.1 Å². The molecule has 21 heavy (non-hydrogen) atoms. The molecule has 2 aromatic carbocycles. The number of nitrogens with zero attached hydrogens (tertiary/aromatic N) is 1. The molecule has 0 saturated heterocycles. The van der Waals surface area contributed by atoms with Crippen LogP contribution in [0.2, 0.25) is 0 Å². The predicted octanol–water partition coefficient (Wildman–Crippen LogP) is 3.38. The Labute approximate surface area is 125 Å². The highest BCUT2D eigenvalue weighted by atomic mass is 19.1. The van der Waals surface area contributed by atoms with Gasteiger partial charge in [0, 0.05) is 25.2 Å². The molecule has 112 valence electrons. The Morgan fingerprint density at radius 1 is 1.10 bits per heavy atom. The topological polar surface area (TPSA) is 24.5 Å². The van der Waals surface area contributed by atoms with Gasteiger partial charge in [-0.15, -0.1) is 0 Å². The molecule has 0 atom stereocenters. The van der Waals surface area contributed by atoms with Crippen molar-refractivity contribution in [3.63, 3.8) is 0 Å². The van der Waals surface area contributed by atoms with Crippen LogP contribution in [0.15, 0.2) is 48.5 Å². The van der Waals surface area contributed by atoms with Gasteiger partial charge < -0.3 is 15.0 Å². The first-order valence-electron chi connectivity index (χ1n) is 6.99. The second-order valence-corrected chi connectivity index (χ2v) is 4.96. The fraction of sp³-hybridized carbons (Fsp3) is 0.294. The van der Waals surface area contributed by atoms with Gasteiger partial charge in [-0.2, -0.15) is 0 Å². The number of halogens is 1. The number of benzene rings is 2. The summed E-state index contributed by atoms with van der Waals surface area (Å²) in [6.07, 6.45) is 0. The highest BCUT2D eigenvalue weighted by Crippen LogP contribution is 2.18. The molecule has 2 rings (SSSR count). The van der Waals surface area contributed by atoms with Crippen molar-refractivity contribution in [2.75, 3.05) is 32.6 Å². The molecule has 0 heterocycles. The second kappa shape index (κ2) is 7.64. The predicted molar refractivity (Wildman–Crippen MR) is 84.2 cm³/mol. The van der Waals surface area contributed by atoms with Crippen molar-refractivity contribution in [1.29, 1.82) is 0 Å². The number of anilines is 1. The van der Waals surface area contributed by atoms with Crippen molar-refractivity contribution < 1.29 is 9.13 Å². The van der Waals surface area contributed by atoms with Crippen molar-refractivity contribution in [3.05, 3.63) is 59.9 Å². The summed E-state index contributed by atoms with van der Waals surface area (Å²) in [6.45, 7) is 2.29. The molecule has 0 aliphatic carbocycles. The van der Waals surface area contributed by atoms with Crippen molar-refractivity contribution in [2.45, 2.75) is 6.54 Å². The van der Waals surface area contributed by atoms with Gasteiger partial charge >= 0.3 is 0 Å². The lowest BCUT2D eigenvalue weighted by atomic mass is 10.2. The summed E-state index contributed by atoms with van der Waals surface area (Å²) in [4.78, 5) is 2.17. The summed E-state index contributed by atoms with van der Waals surface area (Å²) in [7, 11) is 3.72. The Bertz CT molecular complexity index is 574. The highest BCUT2D eigenvalue weighted by Gasteiger charge is 2.06. The third-order valence-electron chi connectivity index (χ3n) is 3.32. The minimum absolute atomic E-state index is 0.218. The Balaban J connectivity index is 1.82. The molecular formula is C17H21FN2O. The van der Waals surface area contributed by atoms with Gasteiger partial charge in [0.1, 0.15) is 11.6 Å². The smallest absolute Gasteiger partial charge is 0.146 e. The third kappa shape index (κ3) is 4.46. The van der Waals surface area contributed by atoms with E-state index < -0.39 is 0 Å². The molecule has 0 aromatic heterocycles. The highest BCUT2D eigenvalue weighted by molar-refractivity contribution is 5.44. The molecule has 1 N–H and O–H groups in total. The first kappa shape index (κ1) is 15.3. The van der Waals surface area contributed by atoms with Crippen molar-refractivity contribution in [2.24, 2.45) is 0 Å². The molecule has 0 aliphatic heterocycles. The summed E-state index contributed by atoms with van der Waals surface area (Å²) >= 11 is 0. The van der Waals surface area contributed by atoms with Gasteiger partial charge in [0.2, 0.25) is 0 Å². The zero-order valence-corrected chi connectivity index (χ0v) is 12.5. The molecule has 0 bridgehead atoms. The molecule has 0 spiro atoms. The lowest BCUT2D eigenvalue weighted by Gasteiger charge is -2.19. The fourth-order valence-electron chi connectivity index (χ4n) is 2.19. The maximum Gasteiger partial charge on any atom is 0.146 e. The van der Waals surface area contributed by atoms with Gasteiger partial charge in [0.25, 0.3) is 0 Å². The van der Waals surface area contributed by atoms with Crippen molar-refractivity contribution in [3.8, 4) is 5.75 Å². The zero-order chi connectivity index (χ0) is 15.1. The van der Waals surface area contributed by atoms with E-state index in [1.54, 1.807) is 19.2 Å². The van der Waals surface area contributed by atoms with E-state index in [0.717, 1.165) is 24.4 Å². The Kier molecular flexibility index (Phi) is 5.58. The van der Waals surface area contributed by atoms with Crippen LogP contribution < -0.4 is 10.1 Å². The average Bonchev–Trinajstić information content (AvgIpc) is 2.50. The fourth-order valence-corrected chi connectivity index (χ4v) is 2.19. The Hall–Kier alpha value is -2.07. The first-order valence-corrected chi connectivity index (χ1v) is 6.99. The number of rotatable bonds is 7. The van der Waals surface area contributed by atoms with E-state index in [1.807, 2.05) is 31.3 Å². The molecule has 0 unspecified atom stereocenters. The monoisotopic (exact) mass is 288 g/mol. The quantitative estimate of drug-likeness (QED) is 0.845. The van der Waals surface area contributed by atoms with Crippen LogP contribution in [0.3, 0.4) is 0 Å². The number of para-hydroxylation sites is 2. The summed E-state index contributed by atoms with van der Waals surface area (Å²) in [6, 6.07) is 14.7. The van der Waals surface area contributed by atoms with Crippen LogP contribution in [0.25, 0.3) is 0 Å². The number of nitrogens with one attached hydrogen (secondary N) is 1. The summed E-state index contributed by atoms with van der Waals surface area (Å²) in [5, 5.41) is 3.11. The zero-order valence-electron chi connectivity index (χ0n) is 12.5. The van der Waals surface area contributed by atoms with E-state index in [9.17, 15) is 4.39 Å². The number of hydrogen-bond donors (Lipinski definition) is 1. The normalized spacial score (nSPS) is 10.7. The minimum atomic E-state index is -0.218. The van der Waals surface area contributed by atoms with Gasteiger partial charge in [0.05, 0.1) is 12.8 Å². The SMILES string of the molecule is COc1ccccc1CN(C)CCNc1ccccc1F. The van der Waals surface area contributed by atoms with Crippen molar-refractivity contribution >= 4 is 5.69 Å². The molecule has 2 aromatic rings. The average molecular weight is 288 g/mol. The summed E-state index contributed by atoms with van der Waals surface area (Å²) < 4.78 is 18.8. The molecule has 0 fully saturated rings. The largest absolute Gasteiger partial charge is 0.496 e. The Morgan fingerprint density at radius 3 is 2.57 bits per heavy atom. The van der Waals surface area contributed by atoms with Gasteiger partial charge in [-0.1, -0.05) is 30.3 Å². The lowest BCUT2D eigenvalue weighted by Crippen LogP contribution is -2.25. The number of likely N-dealkylation sites (N-methyl/N-ethyl adjacent to an activating group) is 1. The van der Waals surface area contributed by atoms with Crippen LogP contribution in [-0.2, 0) is 6.54 Å². The number of hydrogen-bond acceptors (Lipinski definition) is 3. The molecule has 0 aliphatic rings. The molecule has 0 saturated carbocycles. The van der Waals surface area contributed by atoms with Gasteiger partial charge in [-0.3, -0.25) is 0 Å². The van der Waals surface area contributed by atoms with E-state index in [0.29, 0.717) is 12.2 Å². The van der Waals surface area contributed by atoms with E-state index in [2.05, 4.69) is 16.3 Å². The molecular weight excluding hydrogens is 267 g/mol. The second-order valence-electron chi connectivity index (χ2n) is 4.96. The van der Waals surface area contributed by atoms with E-state index >= 15 is 0 Å². The minimum Gasteiger partial charge on any atom is -0.496 e. The van der Waals surface area contributed by atoms with Gasteiger partial charge in [-0.25, -0.2) is 4.39 Å². The van der Waals surface area contributed by atoms with E-state index in [4.69, 9.17) is 4.74 Å². The molecule has 0 radical (unpaired) electrons. The molecule has 3 nitrogen and oxygen atoms in total. The van der Waals surface area contributed by atoms with Crippen molar-refractivity contribution in [1.82, 2.24) is 4.90 Å². The van der Waals surface area contributed by atoms with Crippen LogP contribution in [0.5, 0.6) is 5.75 Å². The van der Waals surface area contributed by atoms with Gasteiger partial charge in [-0.05, 0) is 25.2 Å². The third-order valence-corrected chi connectivity index (χ3v) is 3.32. The van der Waals surface area contributed by atoms with E-state index in [1.165, 1.54) is 6.07 Å². The van der Waals surface area contributed by atoms with E-state index in [-0.39, 0.29) is 5.82 Å². The lowest BCUT2D eigenvalue weighted by molar-refractivity contribution is 0.328. The summed E-state index contributed by atoms with van der Waals surface area (Å²) in [5.74, 6) is 0.677. The number of methoxy groups -OCH3 is 1. The maximum absolute atomic E-state index is 13.5. The van der Waals surface area contributed by atoms with Crippen LogP contribution in [-0.4, -0.2) is 32.1 Å². The summed E-state index contributed by atoms with van der Waals surface area (Å²) in [5.41, 5.74) is 1.69. The maximum atomic E-state index is 13.5.